The first kappa shape index (κ1) is 14.3. The lowest BCUT2D eigenvalue weighted by Crippen LogP contribution is -2.27. The summed E-state index contributed by atoms with van der Waals surface area (Å²) in [7, 11) is 0. The highest BCUT2D eigenvalue weighted by Crippen LogP contribution is 2.32. The highest BCUT2D eigenvalue weighted by molar-refractivity contribution is 5.96. The van der Waals surface area contributed by atoms with Crippen molar-refractivity contribution in [1.29, 1.82) is 0 Å². The van der Waals surface area contributed by atoms with E-state index >= 15 is 0 Å². The molecular weight excluding hydrogens is 278 g/mol. The molecule has 4 heteroatoms. The lowest BCUT2D eigenvalue weighted by Gasteiger charge is -2.16. The van der Waals surface area contributed by atoms with E-state index in [0.717, 1.165) is 31.5 Å². The Kier molecular flexibility index (Phi) is 3.92. The van der Waals surface area contributed by atoms with E-state index in [1.165, 1.54) is 0 Å². The second kappa shape index (κ2) is 6.02. The number of nitrogens with zero attached hydrogens (tertiary/aromatic N) is 1. The molecule has 1 amide bonds. The Hall–Kier alpha value is -2.62. The van der Waals surface area contributed by atoms with Gasteiger partial charge in [0.25, 0.3) is 5.91 Å². The lowest BCUT2D eigenvalue weighted by atomic mass is 9.99. The Morgan fingerprint density at radius 2 is 1.82 bits per heavy atom. The summed E-state index contributed by atoms with van der Waals surface area (Å²) in [5, 5.41) is 10.2. The predicted molar refractivity (Wildman–Crippen MR) is 84.1 cm³/mol. The van der Waals surface area contributed by atoms with E-state index in [1.807, 2.05) is 11.0 Å². The van der Waals surface area contributed by atoms with Crippen LogP contribution in [0.4, 0.5) is 0 Å². The lowest BCUT2D eigenvalue weighted by molar-refractivity contribution is 0.0792. The number of likely N-dealkylation sites (tertiary alicyclic amines) is 1. The van der Waals surface area contributed by atoms with Crippen LogP contribution >= 0.6 is 0 Å². The van der Waals surface area contributed by atoms with Gasteiger partial charge in [0.15, 0.2) is 6.29 Å². The van der Waals surface area contributed by atoms with E-state index in [2.05, 4.69) is 0 Å². The fraction of sp³-hybridized carbons (Fsp3) is 0.222. The van der Waals surface area contributed by atoms with Gasteiger partial charge in [0.05, 0.1) is 5.56 Å². The number of carbonyl (C=O) groups is 2. The summed E-state index contributed by atoms with van der Waals surface area (Å²) < 4.78 is 0. The monoisotopic (exact) mass is 295 g/mol. The number of carbonyl (C=O) groups excluding carboxylic acids is 2. The van der Waals surface area contributed by atoms with Crippen LogP contribution in [0, 0.1) is 0 Å². The average molecular weight is 295 g/mol. The number of para-hydroxylation sites is 1. The molecule has 1 saturated heterocycles. The zero-order valence-electron chi connectivity index (χ0n) is 12.2. The number of phenolic OH excluding ortho intramolecular Hbond substituents is 1. The number of benzene rings is 2. The van der Waals surface area contributed by atoms with Crippen molar-refractivity contribution < 1.29 is 14.7 Å². The third-order valence-corrected chi connectivity index (χ3v) is 4.01. The molecule has 1 fully saturated rings. The molecular formula is C18H17NO3. The second-order valence-electron chi connectivity index (χ2n) is 5.44. The molecule has 0 unspecified atom stereocenters. The van der Waals surface area contributed by atoms with Crippen LogP contribution < -0.4 is 0 Å². The largest absolute Gasteiger partial charge is 0.507 e. The quantitative estimate of drug-likeness (QED) is 0.885. The molecule has 0 bridgehead atoms. The molecule has 2 aromatic rings. The molecule has 22 heavy (non-hydrogen) atoms. The Morgan fingerprint density at radius 3 is 2.55 bits per heavy atom. The fourth-order valence-electron chi connectivity index (χ4n) is 2.81. The average Bonchev–Trinajstić information content (AvgIpc) is 3.09. The zero-order chi connectivity index (χ0) is 15.5. The van der Waals surface area contributed by atoms with Crippen LogP contribution in [-0.2, 0) is 0 Å². The molecule has 4 nitrogen and oxygen atoms in total. The maximum Gasteiger partial charge on any atom is 0.253 e. The summed E-state index contributed by atoms with van der Waals surface area (Å²) in [5.74, 6) is -0.0337. The molecule has 0 radical (unpaired) electrons. The highest BCUT2D eigenvalue weighted by Gasteiger charge is 2.20. The van der Waals surface area contributed by atoms with Gasteiger partial charge in [-0.25, -0.2) is 0 Å². The van der Waals surface area contributed by atoms with Gasteiger partial charge in [-0.2, -0.15) is 0 Å². The van der Waals surface area contributed by atoms with Gasteiger partial charge in [0.2, 0.25) is 0 Å². The number of hydrogen-bond acceptors (Lipinski definition) is 3. The van der Waals surface area contributed by atoms with Crippen LogP contribution in [0.5, 0.6) is 5.75 Å². The van der Waals surface area contributed by atoms with E-state index < -0.39 is 0 Å². The van der Waals surface area contributed by atoms with Crippen molar-refractivity contribution in [3.05, 3.63) is 53.6 Å². The van der Waals surface area contributed by atoms with Gasteiger partial charge in [0, 0.05) is 24.2 Å². The van der Waals surface area contributed by atoms with Crippen molar-refractivity contribution >= 4 is 12.2 Å². The van der Waals surface area contributed by atoms with Gasteiger partial charge in [-0.15, -0.1) is 0 Å². The minimum atomic E-state index is -0.0525. The summed E-state index contributed by atoms with van der Waals surface area (Å²) in [6, 6.07) is 12.2. The minimum absolute atomic E-state index is 0.0189. The maximum absolute atomic E-state index is 12.4. The molecule has 2 aromatic carbocycles. The van der Waals surface area contributed by atoms with E-state index in [4.69, 9.17) is 0 Å². The van der Waals surface area contributed by atoms with Gasteiger partial charge in [-0.1, -0.05) is 24.3 Å². The van der Waals surface area contributed by atoms with E-state index in [9.17, 15) is 14.7 Å². The molecule has 0 saturated carbocycles. The fourth-order valence-corrected chi connectivity index (χ4v) is 2.81. The summed E-state index contributed by atoms with van der Waals surface area (Å²) in [6.07, 6.45) is 2.72. The summed E-state index contributed by atoms with van der Waals surface area (Å²) in [6.45, 7) is 1.60. The Morgan fingerprint density at radius 1 is 1.09 bits per heavy atom. The topological polar surface area (TPSA) is 57.6 Å². The van der Waals surface area contributed by atoms with Gasteiger partial charge in [-0.05, 0) is 36.6 Å². The Bertz CT molecular complexity index is 718. The molecule has 3 rings (SSSR count). The van der Waals surface area contributed by atoms with Gasteiger partial charge in [0.1, 0.15) is 5.75 Å². The van der Waals surface area contributed by atoms with Crippen LogP contribution in [0.25, 0.3) is 11.1 Å². The second-order valence-corrected chi connectivity index (χ2v) is 5.44. The minimum Gasteiger partial charge on any atom is -0.507 e. The van der Waals surface area contributed by atoms with Crippen LogP contribution in [-0.4, -0.2) is 35.3 Å². The van der Waals surface area contributed by atoms with Crippen LogP contribution in [0.15, 0.2) is 42.5 Å². The molecule has 0 aromatic heterocycles. The van der Waals surface area contributed by atoms with Crippen molar-refractivity contribution in [2.24, 2.45) is 0 Å². The number of phenols is 1. The molecule has 1 aliphatic heterocycles. The maximum atomic E-state index is 12.4. The van der Waals surface area contributed by atoms with E-state index in [-0.39, 0.29) is 17.2 Å². The number of rotatable bonds is 3. The van der Waals surface area contributed by atoms with E-state index in [0.29, 0.717) is 17.4 Å². The van der Waals surface area contributed by atoms with Crippen LogP contribution in [0.3, 0.4) is 0 Å². The smallest absolute Gasteiger partial charge is 0.253 e. The Labute approximate surface area is 129 Å². The normalized spacial score (nSPS) is 14.1. The third-order valence-electron chi connectivity index (χ3n) is 4.01. The molecule has 1 aliphatic rings. The summed E-state index contributed by atoms with van der Waals surface area (Å²) in [4.78, 5) is 25.2. The predicted octanol–water partition coefficient (Wildman–Crippen LogP) is 3.11. The molecule has 0 spiro atoms. The van der Waals surface area contributed by atoms with Crippen molar-refractivity contribution in [3.8, 4) is 16.9 Å². The number of amides is 1. The standard InChI is InChI=1S/C18H17NO3/c20-12-15-7-4-8-16(17(15)21)13-5-3-6-14(11-13)18(22)19-9-1-2-10-19/h3-8,11-12,21H,1-2,9-10H2. The first-order valence-corrected chi connectivity index (χ1v) is 7.37. The van der Waals surface area contributed by atoms with Crippen molar-refractivity contribution in [1.82, 2.24) is 4.90 Å². The van der Waals surface area contributed by atoms with Crippen molar-refractivity contribution in [2.75, 3.05) is 13.1 Å². The summed E-state index contributed by atoms with van der Waals surface area (Å²) in [5.41, 5.74) is 2.14. The van der Waals surface area contributed by atoms with E-state index in [1.54, 1.807) is 36.4 Å². The number of hydrogen-bond donors (Lipinski definition) is 1. The van der Waals surface area contributed by atoms with Crippen molar-refractivity contribution in [3.63, 3.8) is 0 Å². The number of aldehydes is 1. The molecule has 1 N–H and O–H groups in total. The molecule has 1 heterocycles. The SMILES string of the molecule is O=Cc1cccc(-c2cccc(C(=O)N3CCCC3)c2)c1O. The van der Waals surface area contributed by atoms with Gasteiger partial charge >= 0.3 is 0 Å². The van der Waals surface area contributed by atoms with Gasteiger partial charge in [-0.3, -0.25) is 9.59 Å². The van der Waals surface area contributed by atoms with Crippen LogP contribution in [0.1, 0.15) is 33.6 Å². The van der Waals surface area contributed by atoms with Gasteiger partial charge < -0.3 is 10.0 Å². The number of aromatic hydroxyl groups is 1. The molecule has 0 aliphatic carbocycles. The molecule has 0 atom stereocenters. The first-order chi connectivity index (χ1) is 10.7. The van der Waals surface area contributed by atoms with Crippen molar-refractivity contribution in [2.45, 2.75) is 12.8 Å². The first-order valence-electron chi connectivity index (χ1n) is 7.37. The zero-order valence-corrected chi connectivity index (χ0v) is 12.2. The highest BCUT2D eigenvalue weighted by atomic mass is 16.3. The summed E-state index contributed by atoms with van der Waals surface area (Å²) >= 11 is 0. The molecule has 112 valence electrons. The van der Waals surface area contributed by atoms with Crippen LogP contribution in [0.2, 0.25) is 0 Å². The third kappa shape index (κ3) is 2.60. The Balaban J connectivity index is 1.97.